The van der Waals surface area contributed by atoms with Gasteiger partial charge in [0.15, 0.2) is 0 Å². The van der Waals surface area contributed by atoms with Crippen LogP contribution in [0.2, 0.25) is 0 Å². The molecule has 2 nitrogen and oxygen atoms in total. The maximum absolute atomic E-state index is 2.42. The summed E-state index contributed by atoms with van der Waals surface area (Å²) < 4.78 is 0. The Balaban J connectivity index is 1.04. The molecule has 0 fully saturated rings. The molecule has 0 spiro atoms. The van der Waals surface area contributed by atoms with Crippen LogP contribution in [0.25, 0.3) is 34.1 Å². The number of hydrogen-bond acceptors (Lipinski definition) is 2. The highest BCUT2D eigenvalue weighted by molar-refractivity contribution is 5.99. The van der Waals surface area contributed by atoms with Crippen molar-refractivity contribution in [2.24, 2.45) is 0 Å². The van der Waals surface area contributed by atoms with Gasteiger partial charge >= 0.3 is 0 Å². The summed E-state index contributed by atoms with van der Waals surface area (Å²) in [4.78, 5) is 4.70. The van der Waals surface area contributed by atoms with Crippen molar-refractivity contribution in [1.29, 1.82) is 0 Å². The Bertz CT molecular complexity index is 2520. The van der Waals surface area contributed by atoms with Gasteiger partial charge in [0.2, 0.25) is 0 Å². The summed E-state index contributed by atoms with van der Waals surface area (Å²) >= 11 is 0. The van der Waals surface area contributed by atoms with Gasteiger partial charge < -0.3 is 9.80 Å². The Morgan fingerprint density at radius 3 is 1.53 bits per heavy atom. The average Bonchev–Trinajstić information content (AvgIpc) is 3.44. The van der Waals surface area contributed by atoms with Crippen molar-refractivity contribution in [3.63, 3.8) is 0 Å². The van der Waals surface area contributed by atoms with Crippen molar-refractivity contribution >= 4 is 57.0 Å². The van der Waals surface area contributed by atoms with Crippen molar-refractivity contribution < 1.29 is 0 Å². The van der Waals surface area contributed by atoms with E-state index in [0.717, 1.165) is 39.6 Å². The van der Waals surface area contributed by atoms with Gasteiger partial charge in [-0.25, -0.2) is 0 Å². The van der Waals surface area contributed by atoms with Crippen molar-refractivity contribution in [2.75, 3.05) is 9.80 Å². The Hall–Kier alpha value is -6.64. The molecular formula is C51H40N2. The molecule has 0 saturated heterocycles. The van der Waals surface area contributed by atoms with Gasteiger partial charge in [-0.2, -0.15) is 0 Å². The summed E-state index contributed by atoms with van der Waals surface area (Å²) in [7, 11) is 0. The molecule has 0 aromatic heterocycles. The Morgan fingerprint density at radius 2 is 0.868 bits per heavy atom. The average molecular weight is 681 g/mol. The van der Waals surface area contributed by atoms with E-state index in [1.54, 1.807) is 0 Å². The summed E-state index contributed by atoms with van der Waals surface area (Å²) in [5.74, 6) is 0. The molecule has 0 unspecified atom stereocenters. The molecular weight excluding hydrogens is 641 g/mol. The molecule has 2 heteroatoms. The first-order valence-corrected chi connectivity index (χ1v) is 18.4. The minimum absolute atomic E-state index is 0.0827. The lowest BCUT2D eigenvalue weighted by Crippen LogP contribution is -2.16. The van der Waals surface area contributed by atoms with E-state index in [1.807, 2.05) is 0 Å². The van der Waals surface area contributed by atoms with Gasteiger partial charge in [-0.15, -0.1) is 0 Å². The van der Waals surface area contributed by atoms with Crippen LogP contribution in [0.3, 0.4) is 0 Å². The van der Waals surface area contributed by atoms with Gasteiger partial charge in [-0.05, 0) is 105 Å². The van der Waals surface area contributed by atoms with E-state index in [2.05, 4.69) is 230 Å². The van der Waals surface area contributed by atoms with Crippen LogP contribution in [-0.4, -0.2) is 0 Å². The van der Waals surface area contributed by atoms with Gasteiger partial charge in [0.1, 0.15) is 0 Å². The lowest BCUT2D eigenvalue weighted by atomic mass is 9.82. The zero-order valence-electron chi connectivity index (χ0n) is 30.0. The van der Waals surface area contributed by atoms with Crippen LogP contribution in [-0.2, 0) is 5.41 Å². The van der Waals surface area contributed by atoms with E-state index in [-0.39, 0.29) is 5.41 Å². The van der Waals surface area contributed by atoms with Gasteiger partial charge in [0, 0.05) is 39.2 Å². The first-order valence-electron chi connectivity index (χ1n) is 18.4. The highest BCUT2D eigenvalue weighted by Gasteiger charge is 2.35. The zero-order valence-corrected chi connectivity index (χ0v) is 30.0. The molecule has 0 bridgehead atoms. The monoisotopic (exact) mass is 680 g/mol. The number of fused-ring (bicyclic) bond motifs is 4. The zero-order chi connectivity index (χ0) is 35.8. The number of anilines is 6. The van der Waals surface area contributed by atoms with Gasteiger partial charge in [-0.1, -0.05) is 153 Å². The quantitative estimate of drug-likeness (QED) is 0.147. The second-order valence-electron chi connectivity index (χ2n) is 14.3. The lowest BCUT2D eigenvalue weighted by Gasteiger charge is -2.29. The molecule has 0 saturated carbocycles. The standard InChI is InChI=1S/C51H40N2/c1-51(2)48-22-12-11-21-46(48)47-35-34-44(36-49(47)51)53(50-23-13-15-39-14-9-10-20-45(39)50)43-32-28-38(29-33-43)25-24-37-26-30-42(31-27-37)52(40-16-5-3-6-17-40)41-18-7-4-8-19-41/h3-36H,1-2H3. The van der Waals surface area contributed by atoms with Crippen molar-refractivity contribution in [3.05, 3.63) is 216 Å². The Kier molecular flexibility index (Phi) is 8.21. The third kappa shape index (κ3) is 5.99. The van der Waals surface area contributed by atoms with Crippen molar-refractivity contribution in [2.45, 2.75) is 19.3 Å². The fraction of sp³-hybridized carbons (Fsp3) is 0.0588. The van der Waals surface area contributed by atoms with E-state index in [4.69, 9.17) is 0 Å². The van der Waals surface area contributed by atoms with E-state index < -0.39 is 0 Å². The number of rotatable bonds is 8. The number of nitrogens with zero attached hydrogens (tertiary/aromatic N) is 2. The second-order valence-corrected chi connectivity index (χ2v) is 14.3. The second kappa shape index (κ2) is 13.5. The maximum atomic E-state index is 2.42. The molecule has 53 heavy (non-hydrogen) atoms. The Morgan fingerprint density at radius 1 is 0.377 bits per heavy atom. The summed E-state index contributed by atoms with van der Waals surface area (Å²) in [5.41, 5.74) is 14.5. The van der Waals surface area contributed by atoms with Crippen LogP contribution in [0.1, 0.15) is 36.1 Å². The summed E-state index contributed by atoms with van der Waals surface area (Å²) in [6.07, 6.45) is 4.39. The highest BCUT2D eigenvalue weighted by Crippen LogP contribution is 2.51. The van der Waals surface area contributed by atoms with E-state index in [0.29, 0.717) is 0 Å². The van der Waals surface area contributed by atoms with Crippen LogP contribution < -0.4 is 9.80 Å². The summed E-state index contributed by atoms with van der Waals surface area (Å²) in [6.45, 7) is 4.70. The maximum Gasteiger partial charge on any atom is 0.0540 e. The summed E-state index contributed by atoms with van der Waals surface area (Å²) in [6, 6.07) is 69.9. The van der Waals surface area contributed by atoms with Crippen molar-refractivity contribution in [3.8, 4) is 11.1 Å². The molecule has 0 atom stereocenters. The number of para-hydroxylation sites is 2. The molecule has 254 valence electrons. The molecule has 0 amide bonds. The van der Waals surface area contributed by atoms with Crippen LogP contribution in [0, 0.1) is 0 Å². The molecule has 0 aliphatic heterocycles. The molecule has 0 radical (unpaired) electrons. The van der Waals surface area contributed by atoms with Gasteiger partial charge in [0.25, 0.3) is 0 Å². The van der Waals surface area contributed by atoms with E-state index in [1.165, 1.54) is 38.7 Å². The fourth-order valence-corrected chi connectivity index (χ4v) is 7.92. The molecule has 0 N–H and O–H groups in total. The minimum Gasteiger partial charge on any atom is -0.311 e. The largest absolute Gasteiger partial charge is 0.311 e. The first-order chi connectivity index (χ1) is 26.0. The smallest absolute Gasteiger partial charge is 0.0540 e. The number of benzene rings is 8. The van der Waals surface area contributed by atoms with Crippen molar-refractivity contribution in [1.82, 2.24) is 0 Å². The normalized spacial score (nSPS) is 12.8. The SMILES string of the molecule is CC1(C)c2ccccc2-c2ccc(N(c3ccc(C=Cc4ccc(N(c5ccccc5)c5ccccc5)cc4)cc3)c3cccc4ccccc34)cc21. The molecule has 1 aliphatic rings. The fourth-order valence-electron chi connectivity index (χ4n) is 7.92. The van der Waals surface area contributed by atoms with Gasteiger partial charge in [0.05, 0.1) is 5.69 Å². The van der Waals surface area contributed by atoms with Crippen LogP contribution in [0.5, 0.6) is 0 Å². The van der Waals surface area contributed by atoms with Crippen LogP contribution in [0.15, 0.2) is 194 Å². The topological polar surface area (TPSA) is 6.48 Å². The highest BCUT2D eigenvalue weighted by atomic mass is 15.1. The minimum atomic E-state index is -0.0827. The molecule has 8 aromatic rings. The van der Waals surface area contributed by atoms with Crippen LogP contribution in [0.4, 0.5) is 34.1 Å². The Labute approximate surface area is 312 Å². The predicted octanol–water partition coefficient (Wildman–Crippen LogP) is 14.3. The molecule has 9 rings (SSSR count). The summed E-state index contributed by atoms with van der Waals surface area (Å²) in [5, 5.41) is 2.45. The van der Waals surface area contributed by atoms with Crippen LogP contribution >= 0.6 is 0 Å². The third-order valence-corrected chi connectivity index (χ3v) is 10.6. The first kappa shape index (κ1) is 32.3. The van der Waals surface area contributed by atoms with E-state index in [9.17, 15) is 0 Å². The molecule has 8 aromatic carbocycles. The lowest BCUT2D eigenvalue weighted by molar-refractivity contribution is 0.660. The van der Waals surface area contributed by atoms with E-state index >= 15 is 0 Å². The number of hydrogen-bond donors (Lipinski definition) is 0. The van der Waals surface area contributed by atoms with Gasteiger partial charge in [-0.3, -0.25) is 0 Å². The molecule has 0 heterocycles. The molecule has 1 aliphatic carbocycles. The third-order valence-electron chi connectivity index (χ3n) is 10.6. The predicted molar refractivity (Wildman–Crippen MR) is 226 cm³/mol.